The van der Waals surface area contributed by atoms with E-state index in [1.165, 1.54) is 6.07 Å². The van der Waals surface area contributed by atoms with Crippen LogP contribution in [0.25, 0.3) is 0 Å². The van der Waals surface area contributed by atoms with Crippen molar-refractivity contribution < 1.29 is 28.2 Å². The highest BCUT2D eigenvalue weighted by molar-refractivity contribution is 5.97. The summed E-state index contributed by atoms with van der Waals surface area (Å²) in [4.78, 5) is 8.90. The highest BCUT2D eigenvalue weighted by Crippen LogP contribution is 2.14. The summed E-state index contributed by atoms with van der Waals surface area (Å²) in [5, 5.41) is 23.2. The first-order valence-corrected chi connectivity index (χ1v) is 4.08. The lowest BCUT2D eigenvalue weighted by molar-refractivity contribution is -0.192. The number of hydrogen-bond acceptors (Lipinski definition) is 3. The number of amidine groups is 1. The van der Waals surface area contributed by atoms with Gasteiger partial charge in [0.25, 0.3) is 0 Å². The standard InChI is InChI=1S/C7H8N2O.C2HF3O2/c8-7(9)5-3-1-2-4-6(5)10;3-2(4,5)1(6)7/h1-4,10H,(H3,8,9);(H,6,7). The molecule has 5 nitrogen and oxygen atoms in total. The number of nitrogens with one attached hydrogen (secondary N) is 1. The minimum absolute atomic E-state index is 0.0509. The first-order valence-electron chi connectivity index (χ1n) is 4.08. The molecule has 1 aromatic rings. The van der Waals surface area contributed by atoms with Crippen molar-refractivity contribution in [1.29, 1.82) is 5.41 Å². The zero-order chi connectivity index (χ0) is 13.6. The van der Waals surface area contributed by atoms with Crippen molar-refractivity contribution in [3.05, 3.63) is 29.8 Å². The van der Waals surface area contributed by atoms with Crippen molar-refractivity contribution in [1.82, 2.24) is 0 Å². The zero-order valence-corrected chi connectivity index (χ0v) is 8.32. The summed E-state index contributed by atoms with van der Waals surface area (Å²) in [7, 11) is 0. The van der Waals surface area contributed by atoms with Crippen LogP contribution in [-0.2, 0) is 4.79 Å². The minimum Gasteiger partial charge on any atom is -0.507 e. The molecule has 0 aromatic heterocycles. The van der Waals surface area contributed by atoms with Gasteiger partial charge in [0.15, 0.2) is 0 Å². The number of carboxylic acid groups (broad SMARTS) is 1. The van der Waals surface area contributed by atoms with E-state index in [4.69, 9.17) is 26.2 Å². The molecule has 0 spiro atoms. The Morgan fingerprint density at radius 3 is 1.94 bits per heavy atom. The second kappa shape index (κ2) is 5.73. The monoisotopic (exact) mass is 250 g/mol. The number of aromatic hydroxyl groups is 1. The van der Waals surface area contributed by atoms with Crippen LogP contribution in [0.4, 0.5) is 13.2 Å². The quantitative estimate of drug-likeness (QED) is 0.445. The summed E-state index contributed by atoms with van der Waals surface area (Å²) in [5.41, 5.74) is 5.52. The Balaban J connectivity index is 0.000000325. The van der Waals surface area contributed by atoms with Crippen molar-refractivity contribution >= 4 is 11.8 Å². The van der Waals surface area contributed by atoms with Crippen LogP contribution in [0.15, 0.2) is 24.3 Å². The Bertz CT molecular complexity index is 418. The summed E-state index contributed by atoms with van der Waals surface area (Å²) in [5.74, 6) is -2.82. The summed E-state index contributed by atoms with van der Waals surface area (Å²) in [6.45, 7) is 0. The molecule has 0 saturated heterocycles. The van der Waals surface area contributed by atoms with Crippen LogP contribution in [0.5, 0.6) is 5.75 Å². The van der Waals surface area contributed by atoms with Crippen LogP contribution >= 0.6 is 0 Å². The highest BCUT2D eigenvalue weighted by Gasteiger charge is 2.38. The molecule has 0 amide bonds. The largest absolute Gasteiger partial charge is 0.507 e. The second-order valence-electron chi connectivity index (χ2n) is 2.73. The van der Waals surface area contributed by atoms with Gasteiger partial charge >= 0.3 is 12.1 Å². The van der Waals surface area contributed by atoms with E-state index >= 15 is 0 Å². The Labute approximate surface area is 93.8 Å². The third-order valence-electron chi connectivity index (χ3n) is 1.44. The molecule has 0 radical (unpaired) electrons. The lowest BCUT2D eigenvalue weighted by Gasteiger charge is -1.98. The fraction of sp³-hybridized carbons (Fsp3) is 0.111. The molecule has 5 N–H and O–H groups in total. The number of alkyl halides is 3. The average molecular weight is 250 g/mol. The molecular formula is C9H9F3N2O3. The predicted molar refractivity (Wildman–Crippen MR) is 52.8 cm³/mol. The Morgan fingerprint density at radius 1 is 1.29 bits per heavy atom. The molecule has 0 fully saturated rings. The Morgan fingerprint density at radius 2 is 1.71 bits per heavy atom. The molecule has 1 aromatic carbocycles. The molecule has 0 aliphatic carbocycles. The third kappa shape index (κ3) is 5.40. The molecule has 0 atom stereocenters. The van der Waals surface area contributed by atoms with Gasteiger partial charge in [0.05, 0.1) is 5.56 Å². The van der Waals surface area contributed by atoms with Gasteiger partial charge in [0, 0.05) is 0 Å². The molecule has 0 heterocycles. The molecule has 8 heteroatoms. The van der Waals surface area contributed by atoms with Crippen LogP contribution in [0.3, 0.4) is 0 Å². The van der Waals surface area contributed by atoms with Crippen molar-refractivity contribution in [2.75, 3.05) is 0 Å². The lowest BCUT2D eigenvalue weighted by atomic mass is 10.2. The van der Waals surface area contributed by atoms with Gasteiger partial charge in [-0.05, 0) is 12.1 Å². The zero-order valence-electron chi connectivity index (χ0n) is 8.32. The first-order chi connectivity index (χ1) is 7.66. The van der Waals surface area contributed by atoms with E-state index in [0.29, 0.717) is 5.56 Å². The summed E-state index contributed by atoms with van der Waals surface area (Å²) in [6, 6.07) is 6.49. The van der Waals surface area contributed by atoms with Crippen LogP contribution in [0.2, 0.25) is 0 Å². The lowest BCUT2D eigenvalue weighted by Crippen LogP contribution is -2.21. The number of halogens is 3. The highest BCUT2D eigenvalue weighted by atomic mass is 19.4. The summed E-state index contributed by atoms with van der Waals surface area (Å²) < 4.78 is 31.7. The number of aliphatic carboxylic acids is 1. The Kier molecular flexibility index (Phi) is 4.97. The van der Waals surface area contributed by atoms with Gasteiger partial charge in [-0.25, -0.2) is 4.79 Å². The van der Waals surface area contributed by atoms with Crippen LogP contribution in [0.1, 0.15) is 5.56 Å². The minimum atomic E-state index is -5.08. The fourth-order valence-electron chi connectivity index (χ4n) is 0.701. The van der Waals surface area contributed by atoms with Gasteiger partial charge in [-0.3, -0.25) is 5.41 Å². The number of para-hydroxylation sites is 1. The maximum absolute atomic E-state index is 10.6. The van der Waals surface area contributed by atoms with E-state index in [0.717, 1.165) is 0 Å². The van der Waals surface area contributed by atoms with Crippen LogP contribution in [-0.4, -0.2) is 28.2 Å². The van der Waals surface area contributed by atoms with E-state index in [1.54, 1.807) is 18.2 Å². The maximum Gasteiger partial charge on any atom is 0.490 e. The topological polar surface area (TPSA) is 107 Å². The number of phenols is 1. The van der Waals surface area contributed by atoms with E-state index in [-0.39, 0.29) is 11.6 Å². The van der Waals surface area contributed by atoms with Crippen molar-refractivity contribution in [3.8, 4) is 5.75 Å². The van der Waals surface area contributed by atoms with Crippen LogP contribution < -0.4 is 5.73 Å². The first kappa shape index (κ1) is 14.8. The number of hydrogen-bond donors (Lipinski definition) is 4. The van der Waals surface area contributed by atoms with Gasteiger partial charge in [-0.15, -0.1) is 0 Å². The second-order valence-corrected chi connectivity index (χ2v) is 2.73. The summed E-state index contributed by atoms with van der Waals surface area (Å²) in [6.07, 6.45) is -5.08. The molecule has 94 valence electrons. The number of phenolic OH excluding ortho intramolecular Hbond substituents is 1. The molecule has 0 aliphatic rings. The van der Waals surface area contributed by atoms with Gasteiger partial charge in [-0.1, -0.05) is 12.1 Å². The third-order valence-corrected chi connectivity index (χ3v) is 1.44. The van der Waals surface area contributed by atoms with Crippen molar-refractivity contribution in [2.45, 2.75) is 6.18 Å². The molecule has 17 heavy (non-hydrogen) atoms. The van der Waals surface area contributed by atoms with E-state index in [1.807, 2.05) is 0 Å². The van der Waals surface area contributed by atoms with E-state index < -0.39 is 12.1 Å². The van der Waals surface area contributed by atoms with Crippen LogP contribution in [0, 0.1) is 5.41 Å². The summed E-state index contributed by atoms with van der Waals surface area (Å²) >= 11 is 0. The van der Waals surface area contributed by atoms with E-state index in [9.17, 15) is 13.2 Å². The fourth-order valence-corrected chi connectivity index (χ4v) is 0.701. The van der Waals surface area contributed by atoms with Gasteiger partial charge in [0.2, 0.25) is 0 Å². The molecule has 1 rings (SSSR count). The van der Waals surface area contributed by atoms with Gasteiger partial charge in [0.1, 0.15) is 11.6 Å². The average Bonchev–Trinajstić information content (AvgIpc) is 2.17. The van der Waals surface area contributed by atoms with Gasteiger partial charge < -0.3 is 15.9 Å². The molecule has 0 aliphatic heterocycles. The number of nitrogens with two attached hydrogens (primary N) is 1. The van der Waals surface area contributed by atoms with E-state index in [2.05, 4.69) is 0 Å². The molecule has 0 bridgehead atoms. The maximum atomic E-state index is 10.6. The molecule has 0 saturated carbocycles. The number of benzene rings is 1. The normalized spacial score (nSPS) is 10.1. The SMILES string of the molecule is N=C(N)c1ccccc1O.O=C(O)C(F)(F)F. The van der Waals surface area contributed by atoms with Gasteiger partial charge in [-0.2, -0.15) is 13.2 Å². The molecule has 0 unspecified atom stereocenters. The van der Waals surface area contributed by atoms with Crippen molar-refractivity contribution in [3.63, 3.8) is 0 Å². The molecular weight excluding hydrogens is 241 g/mol. The smallest absolute Gasteiger partial charge is 0.490 e. The number of rotatable bonds is 1. The Hall–Kier alpha value is -2.25. The van der Waals surface area contributed by atoms with Crippen molar-refractivity contribution in [2.24, 2.45) is 5.73 Å². The number of carboxylic acids is 1. The number of nitrogen functional groups attached to an aromatic ring is 1. The predicted octanol–water partition coefficient (Wildman–Crippen LogP) is 1.31. The number of carbonyl (C=O) groups is 1.